The van der Waals surface area contributed by atoms with Crippen LogP contribution in [0, 0.1) is 0 Å². The quantitative estimate of drug-likeness (QED) is 0.443. The molecule has 0 aliphatic rings. The molecule has 0 aliphatic heterocycles. The minimum atomic E-state index is 0.830. The van der Waals surface area contributed by atoms with E-state index in [1.165, 1.54) is 0 Å². The van der Waals surface area contributed by atoms with Crippen LogP contribution in [0.25, 0.3) is 0 Å². The highest BCUT2D eigenvalue weighted by Crippen LogP contribution is 2.04. The van der Waals surface area contributed by atoms with Gasteiger partial charge in [-0.2, -0.15) is 11.8 Å². The van der Waals surface area contributed by atoms with Gasteiger partial charge >= 0.3 is 0 Å². The SMILES string of the molecule is CCSCCC(C)=C=O. The van der Waals surface area contributed by atoms with Crippen molar-refractivity contribution in [2.45, 2.75) is 20.3 Å². The molecular weight excluding hydrogens is 132 g/mol. The second-order valence-electron chi connectivity index (χ2n) is 1.83. The van der Waals surface area contributed by atoms with Crippen molar-refractivity contribution in [2.24, 2.45) is 0 Å². The fourth-order valence-corrected chi connectivity index (χ4v) is 1.16. The first-order chi connectivity index (χ1) is 4.31. The van der Waals surface area contributed by atoms with E-state index in [4.69, 9.17) is 0 Å². The summed E-state index contributed by atoms with van der Waals surface area (Å²) < 4.78 is 0. The molecule has 0 spiro atoms. The second kappa shape index (κ2) is 5.93. The van der Waals surface area contributed by atoms with E-state index in [1.807, 2.05) is 24.6 Å². The zero-order chi connectivity index (χ0) is 7.11. The van der Waals surface area contributed by atoms with Gasteiger partial charge in [0.25, 0.3) is 0 Å². The fraction of sp³-hybridized carbons (Fsp3) is 0.714. The lowest BCUT2D eigenvalue weighted by Crippen LogP contribution is -1.82. The summed E-state index contributed by atoms with van der Waals surface area (Å²) in [5.41, 5.74) is 0.830. The van der Waals surface area contributed by atoms with Gasteiger partial charge in [-0.1, -0.05) is 6.92 Å². The number of hydrogen-bond acceptors (Lipinski definition) is 2. The summed E-state index contributed by atoms with van der Waals surface area (Å²) in [5, 5.41) is 0. The van der Waals surface area contributed by atoms with Crippen molar-refractivity contribution in [2.75, 3.05) is 11.5 Å². The van der Waals surface area contributed by atoms with Crippen molar-refractivity contribution in [3.8, 4) is 0 Å². The first kappa shape index (κ1) is 8.80. The summed E-state index contributed by atoms with van der Waals surface area (Å²) in [6, 6.07) is 0. The molecule has 9 heavy (non-hydrogen) atoms. The summed E-state index contributed by atoms with van der Waals surface area (Å²) >= 11 is 1.85. The minimum absolute atomic E-state index is 0.830. The lowest BCUT2D eigenvalue weighted by molar-refractivity contribution is 0.566. The van der Waals surface area contributed by atoms with E-state index in [2.05, 4.69) is 6.92 Å². The van der Waals surface area contributed by atoms with Crippen LogP contribution in [0.1, 0.15) is 20.3 Å². The Labute approximate surface area is 60.5 Å². The van der Waals surface area contributed by atoms with Crippen LogP contribution in [0.4, 0.5) is 0 Å². The first-order valence-corrected chi connectivity index (χ1v) is 4.25. The molecule has 0 saturated carbocycles. The molecule has 1 nitrogen and oxygen atoms in total. The van der Waals surface area contributed by atoms with Crippen molar-refractivity contribution in [3.05, 3.63) is 5.57 Å². The highest BCUT2D eigenvalue weighted by molar-refractivity contribution is 7.99. The van der Waals surface area contributed by atoms with Crippen molar-refractivity contribution in [1.82, 2.24) is 0 Å². The molecule has 0 bridgehead atoms. The number of hydrogen-bond donors (Lipinski definition) is 0. The van der Waals surface area contributed by atoms with Crippen molar-refractivity contribution >= 4 is 17.7 Å². The molecule has 0 radical (unpaired) electrons. The zero-order valence-electron chi connectivity index (χ0n) is 5.94. The maximum absolute atomic E-state index is 9.93. The number of thioether (sulfide) groups is 1. The third-order valence-electron chi connectivity index (χ3n) is 1.000. The Morgan fingerprint density at radius 2 is 2.33 bits per heavy atom. The molecule has 0 aliphatic carbocycles. The van der Waals surface area contributed by atoms with Gasteiger partial charge in [-0.25, -0.2) is 4.79 Å². The van der Waals surface area contributed by atoms with Gasteiger partial charge in [-0.15, -0.1) is 0 Å². The van der Waals surface area contributed by atoms with E-state index in [0.717, 1.165) is 23.5 Å². The molecule has 0 amide bonds. The molecule has 0 aromatic carbocycles. The maximum Gasteiger partial charge on any atom is 0.123 e. The largest absolute Gasteiger partial charge is 0.234 e. The third kappa shape index (κ3) is 5.67. The standard InChI is InChI=1S/C7H12OS/c1-3-9-5-4-7(2)6-8/h3-5H2,1-2H3. The smallest absolute Gasteiger partial charge is 0.123 e. The molecule has 0 N–H and O–H groups in total. The van der Waals surface area contributed by atoms with Crippen LogP contribution < -0.4 is 0 Å². The Morgan fingerprint density at radius 1 is 1.67 bits per heavy atom. The van der Waals surface area contributed by atoms with E-state index in [-0.39, 0.29) is 0 Å². The molecule has 52 valence electrons. The van der Waals surface area contributed by atoms with Gasteiger partial charge in [-0.3, -0.25) is 0 Å². The minimum Gasteiger partial charge on any atom is -0.234 e. The summed E-state index contributed by atoms with van der Waals surface area (Å²) in [6.07, 6.45) is 0.891. The topological polar surface area (TPSA) is 17.1 Å². The van der Waals surface area contributed by atoms with E-state index < -0.39 is 0 Å². The Morgan fingerprint density at radius 3 is 2.78 bits per heavy atom. The number of rotatable bonds is 4. The molecule has 0 rings (SSSR count). The van der Waals surface area contributed by atoms with E-state index in [1.54, 1.807) is 0 Å². The Bertz CT molecular complexity index is 114. The molecule has 0 fully saturated rings. The average Bonchev–Trinajstić information content (AvgIpc) is 1.89. The van der Waals surface area contributed by atoms with Gasteiger partial charge in [0, 0.05) is 5.57 Å². The second-order valence-corrected chi connectivity index (χ2v) is 3.22. The van der Waals surface area contributed by atoms with Gasteiger partial charge in [0.15, 0.2) is 0 Å². The van der Waals surface area contributed by atoms with Crippen LogP contribution in [0.15, 0.2) is 5.57 Å². The van der Waals surface area contributed by atoms with Crippen LogP contribution in [0.5, 0.6) is 0 Å². The molecule has 0 aromatic heterocycles. The molecular formula is C7H12OS. The van der Waals surface area contributed by atoms with E-state index >= 15 is 0 Å². The van der Waals surface area contributed by atoms with Gasteiger partial charge in [0.2, 0.25) is 0 Å². The highest BCUT2D eigenvalue weighted by Gasteiger charge is 1.88. The van der Waals surface area contributed by atoms with Crippen LogP contribution in [0.2, 0.25) is 0 Å². The predicted octanol–water partition coefficient (Wildman–Crippen LogP) is 1.91. The summed E-state index contributed by atoms with van der Waals surface area (Å²) in [4.78, 5) is 9.93. The molecule has 2 heteroatoms. The van der Waals surface area contributed by atoms with Gasteiger partial charge in [0.05, 0.1) is 0 Å². The maximum atomic E-state index is 9.93. The Kier molecular flexibility index (Phi) is 5.80. The predicted molar refractivity (Wildman–Crippen MR) is 42.5 cm³/mol. The van der Waals surface area contributed by atoms with Crippen LogP contribution in [-0.4, -0.2) is 17.4 Å². The number of allylic oxidation sites excluding steroid dienone is 1. The van der Waals surface area contributed by atoms with Crippen LogP contribution in [0.3, 0.4) is 0 Å². The Hall–Kier alpha value is -0.200. The molecule has 0 aromatic rings. The van der Waals surface area contributed by atoms with Crippen molar-refractivity contribution < 1.29 is 4.79 Å². The van der Waals surface area contributed by atoms with Crippen molar-refractivity contribution in [3.63, 3.8) is 0 Å². The molecule has 0 atom stereocenters. The molecule has 0 saturated heterocycles. The summed E-state index contributed by atoms with van der Waals surface area (Å²) in [6.45, 7) is 3.94. The highest BCUT2D eigenvalue weighted by atomic mass is 32.2. The monoisotopic (exact) mass is 144 g/mol. The van der Waals surface area contributed by atoms with Crippen LogP contribution in [-0.2, 0) is 4.79 Å². The van der Waals surface area contributed by atoms with Crippen LogP contribution >= 0.6 is 11.8 Å². The lowest BCUT2D eigenvalue weighted by Gasteiger charge is -1.93. The molecule has 0 unspecified atom stereocenters. The molecule has 0 heterocycles. The summed E-state index contributed by atoms with van der Waals surface area (Å²) in [7, 11) is 0. The zero-order valence-corrected chi connectivity index (χ0v) is 6.75. The number of carbonyl (C=O) groups excluding carboxylic acids is 1. The van der Waals surface area contributed by atoms with Gasteiger partial charge < -0.3 is 0 Å². The normalized spacial score (nSPS) is 8.67. The summed E-state index contributed by atoms with van der Waals surface area (Å²) in [5.74, 6) is 4.06. The van der Waals surface area contributed by atoms with Gasteiger partial charge in [0.1, 0.15) is 5.94 Å². The fourth-order valence-electron chi connectivity index (χ4n) is 0.421. The Balaban J connectivity index is 3.17. The first-order valence-electron chi connectivity index (χ1n) is 3.09. The lowest BCUT2D eigenvalue weighted by atomic mass is 10.3. The van der Waals surface area contributed by atoms with Crippen molar-refractivity contribution in [1.29, 1.82) is 0 Å². The third-order valence-corrected chi connectivity index (χ3v) is 1.90. The van der Waals surface area contributed by atoms with E-state index in [9.17, 15) is 4.79 Å². The average molecular weight is 144 g/mol. The van der Waals surface area contributed by atoms with Gasteiger partial charge in [-0.05, 0) is 24.9 Å². The van der Waals surface area contributed by atoms with E-state index in [0.29, 0.717) is 0 Å².